The molecule has 1 aromatic rings. The highest BCUT2D eigenvalue weighted by atomic mass is 16.3. The van der Waals surface area contributed by atoms with Gasteiger partial charge >= 0.3 is 0 Å². The first-order valence-electron chi connectivity index (χ1n) is 7.99. The first-order valence-corrected chi connectivity index (χ1v) is 7.99. The number of hydrogen-bond acceptors (Lipinski definition) is 2. The number of aliphatic hydroxyl groups is 1. The largest absolute Gasteiger partial charge is 0.392 e. The van der Waals surface area contributed by atoms with Crippen LogP contribution in [-0.4, -0.2) is 23.7 Å². The van der Waals surface area contributed by atoms with Crippen molar-refractivity contribution in [3.8, 4) is 0 Å². The van der Waals surface area contributed by atoms with Crippen LogP contribution in [0, 0.1) is 11.3 Å². The molecule has 0 aromatic heterocycles. The van der Waals surface area contributed by atoms with Crippen LogP contribution in [0.25, 0.3) is 0 Å². The van der Waals surface area contributed by atoms with Gasteiger partial charge in [-0.05, 0) is 36.2 Å². The van der Waals surface area contributed by atoms with Crippen LogP contribution < -0.4 is 5.32 Å². The number of aliphatic hydroxyl groups excluding tert-OH is 1. The van der Waals surface area contributed by atoms with Gasteiger partial charge in [-0.3, -0.25) is 4.79 Å². The predicted octanol–water partition coefficient (Wildman–Crippen LogP) is 2.92. The monoisotopic (exact) mass is 289 g/mol. The average molecular weight is 289 g/mol. The molecule has 0 heterocycles. The van der Waals surface area contributed by atoms with Gasteiger partial charge in [0, 0.05) is 6.54 Å². The molecule has 3 heteroatoms. The van der Waals surface area contributed by atoms with Crippen molar-refractivity contribution in [2.75, 3.05) is 6.54 Å². The van der Waals surface area contributed by atoms with Gasteiger partial charge in [0.25, 0.3) is 0 Å². The minimum absolute atomic E-state index is 0.0319. The zero-order chi connectivity index (χ0) is 15.3. The second kappa shape index (κ2) is 7.08. The molecule has 0 saturated heterocycles. The Morgan fingerprint density at radius 1 is 1.29 bits per heavy atom. The normalized spacial score (nSPS) is 18.1. The molecule has 0 spiro atoms. The van der Waals surface area contributed by atoms with Gasteiger partial charge < -0.3 is 10.4 Å². The zero-order valence-electron chi connectivity index (χ0n) is 13.1. The highest BCUT2D eigenvalue weighted by molar-refractivity contribution is 5.76. The molecule has 1 amide bonds. The molecule has 1 aliphatic rings. The summed E-state index contributed by atoms with van der Waals surface area (Å²) in [4.78, 5) is 11.9. The molecular weight excluding hydrogens is 262 g/mol. The Balaban J connectivity index is 1.83. The number of amides is 1. The molecule has 0 aliphatic heterocycles. The summed E-state index contributed by atoms with van der Waals surface area (Å²) in [7, 11) is 0. The molecule has 3 nitrogen and oxygen atoms in total. The first-order chi connectivity index (χ1) is 10.0. The number of nitrogens with one attached hydrogen (secondary N) is 1. The molecular formula is C18H27NO2. The van der Waals surface area contributed by atoms with E-state index in [-0.39, 0.29) is 23.7 Å². The molecule has 2 rings (SSSR count). The smallest absolute Gasteiger partial charge is 0.222 e. The van der Waals surface area contributed by atoms with E-state index < -0.39 is 6.10 Å². The van der Waals surface area contributed by atoms with Gasteiger partial charge in [0.15, 0.2) is 0 Å². The second-order valence-corrected chi connectivity index (χ2v) is 6.81. The van der Waals surface area contributed by atoms with Crippen LogP contribution in [0.1, 0.15) is 45.1 Å². The zero-order valence-corrected chi connectivity index (χ0v) is 13.1. The number of rotatable bonds is 7. The van der Waals surface area contributed by atoms with Crippen LogP contribution in [0.4, 0.5) is 0 Å². The van der Waals surface area contributed by atoms with Crippen LogP contribution in [0.5, 0.6) is 0 Å². The van der Waals surface area contributed by atoms with Crippen molar-refractivity contribution in [3.63, 3.8) is 0 Å². The lowest BCUT2D eigenvalue weighted by molar-refractivity contribution is -0.124. The first kappa shape index (κ1) is 16.0. The van der Waals surface area contributed by atoms with E-state index in [1.165, 1.54) is 24.8 Å². The van der Waals surface area contributed by atoms with E-state index in [1.807, 2.05) is 19.9 Å². The number of carbonyl (C=O) groups is 1. The fraction of sp³-hybridized carbons (Fsp3) is 0.611. The molecule has 1 aliphatic carbocycles. The molecule has 1 saturated carbocycles. The third-order valence-electron chi connectivity index (χ3n) is 4.66. The minimum atomic E-state index is -0.545. The number of hydrogen-bond donors (Lipinski definition) is 2. The second-order valence-electron chi connectivity index (χ2n) is 6.81. The van der Waals surface area contributed by atoms with Gasteiger partial charge in [-0.15, -0.1) is 0 Å². The van der Waals surface area contributed by atoms with Gasteiger partial charge in [-0.2, -0.15) is 0 Å². The minimum Gasteiger partial charge on any atom is -0.392 e. The molecule has 1 unspecified atom stereocenters. The lowest BCUT2D eigenvalue weighted by Crippen LogP contribution is -2.44. The van der Waals surface area contributed by atoms with E-state index in [1.54, 1.807) is 0 Å². The summed E-state index contributed by atoms with van der Waals surface area (Å²) in [6.45, 7) is 4.59. The summed E-state index contributed by atoms with van der Waals surface area (Å²) in [5, 5.41) is 12.8. The molecule has 116 valence electrons. The highest BCUT2D eigenvalue weighted by Crippen LogP contribution is 2.43. The van der Waals surface area contributed by atoms with Gasteiger partial charge in [-0.25, -0.2) is 0 Å². The Morgan fingerprint density at radius 2 is 1.95 bits per heavy atom. The summed E-state index contributed by atoms with van der Waals surface area (Å²) >= 11 is 0. The molecule has 1 aromatic carbocycles. The molecule has 1 atom stereocenters. The Kier molecular flexibility index (Phi) is 5.40. The lowest BCUT2D eigenvalue weighted by Gasteiger charge is -2.42. The SMILES string of the molecule is CC(C)C(O)CC(=O)NCC1(Cc2ccccc2)CCC1. The van der Waals surface area contributed by atoms with Crippen LogP contribution in [0.15, 0.2) is 30.3 Å². The van der Waals surface area contributed by atoms with Crippen molar-refractivity contribution < 1.29 is 9.90 Å². The molecule has 2 N–H and O–H groups in total. The van der Waals surface area contributed by atoms with Crippen LogP contribution in [0.2, 0.25) is 0 Å². The topological polar surface area (TPSA) is 49.3 Å². The van der Waals surface area contributed by atoms with E-state index >= 15 is 0 Å². The Morgan fingerprint density at radius 3 is 2.48 bits per heavy atom. The maximum absolute atomic E-state index is 11.9. The van der Waals surface area contributed by atoms with Gasteiger partial charge in [0.1, 0.15) is 0 Å². The van der Waals surface area contributed by atoms with Gasteiger partial charge in [-0.1, -0.05) is 50.6 Å². The Hall–Kier alpha value is -1.35. The quantitative estimate of drug-likeness (QED) is 0.811. The van der Waals surface area contributed by atoms with E-state index in [4.69, 9.17) is 0 Å². The fourth-order valence-electron chi connectivity index (χ4n) is 2.91. The van der Waals surface area contributed by atoms with Gasteiger partial charge in [0.05, 0.1) is 12.5 Å². The summed E-state index contributed by atoms with van der Waals surface area (Å²) in [6.07, 6.45) is 4.29. The van der Waals surface area contributed by atoms with Crippen molar-refractivity contribution >= 4 is 5.91 Å². The van der Waals surface area contributed by atoms with Crippen molar-refractivity contribution in [3.05, 3.63) is 35.9 Å². The van der Waals surface area contributed by atoms with E-state index in [0.29, 0.717) is 0 Å². The molecule has 0 bridgehead atoms. The third kappa shape index (κ3) is 4.57. The molecule has 1 fully saturated rings. The maximum atomic E-state index is 11.9. The standard InChI is InChI=1S/C18H27NO2/c1-14(2)16(20)11-17(21)19-13-18(9-6-10-18)12-15-7-4-3-5-8-15/h3-5,7-8,14,16,20H,6,9-13H2,1-2H3,(H,19,21). The summed E-state index contributed by atoms with van der Waals surface area (Å²) < 4.78 is 0. The van der Waals surface area contributed by atoms with Crippen molar-refractivity contribution in [1.82, 2.24) is 5.32 Å². The van der Waals surface area contributed by atoms with E-state index in [9.17, 15) is 9.90 Å². The summed E-state index contributed by atoms with van der Waals surface area (Å²) in [5.41, 5.74) is 1.56. The summed E-state index contributed by atoms with van der Waals surface area (Å²) in [5.74, 6) is 0.0910. The van der Waals surface area contributed by atoms with Crippen LogP contribution in [-0.2, 0) is 11.2 Å². The molecule has 0 radical (unpaired) electrons. The average Bonchev–Trinajstić information content (AvgIpc) is 2.42. The van der Waals surface area contributed by atoms with Crippen LogP contribution >= 0.6 is 0 Å². The van der Waals surface area contributed by atoms with Crippen molar-refractivity contribution in [1.29, 1.82) is 0 Å². The van der Waals surface area contributed by atoms with E-state index in [0.717, 1.165) is 13.0 Å². The number of carbonyl (C=O) groups excluding carboxylic acids is 1. The summed E-state index contributed by atoms with van der Waals surface area (Å²) in [6, 6.07) is 10.5. The Bertz CT molecular complexity index is 452. The lowest BCUT2D eigenvalue weighted by atomic mass is 9.65. The van der Waals surface area contributed by atoms with Crippen molar-refractivity contribution in [2.45, 2.75) is 52.1 Å². The maximum Gasteiger partial charge on any atom is 0.222 e. The van der Waals surface area contributed by atoms with E-state index in [2.05, 4.69) is 29.6 Å². The number of benzene rings is 1. The predicted molar refractivity (Wildman–Crippen MR) is 84.9 cm³/mol. The Labute approximate surface area is 127 Å². The molecule has 21 heavy (non-hydrogen) atoms. The van der Waals surface area contributed by atoms with Crippen LogP contribution in [0.3, 0.4) is 0 Å². The third-order valence-corrected chi connectivity index (χ3v) is 4.66. The van der Waals surface area contributed by atoms with Gasteiger partial charge in [0.2, 0.25) is 5.91 Å². The highest BCUT2D eigenvalue weighted by Gasteiger charge is 2.37. The van der Waals surface area contributed by atoms with Crippen molar-refractivity contribution in [2.24, 2.45) is 11.3 Å². The fourth-order valence-corrected chi connectivity index (χ4v) is 2.91.